The molecule has 0 aliphatic carbocycles. The molecule has 0 bridgehead atoms. The zero-order valence-electron chi connectivity index (χ0n) is 13.2. The van der Waals surface area contributed by atoms with Crippen LogP contribution >= 0.6 is 22.6 Å². The summed E-state index contributed by atoms with van der Waals surface area (Å²) in [7, 11) is 0. The van der Waals surface area contributed by atoms with Crippen molar-refractivity contribution in [1.29, 1.82) is 0 Å². The number of ether oxygens (including phenoxy) is 1. The Hall–Kier alpha value is -1.64. The molecule has 6 nitrogen and oxygen atoms in total. The van der Waals surface area contributed by atoms with Gasteiger partial charge in [0.2, 0.25) is 5.91 Å². The molecule has 0 aliphatic heterocycles. The van der Waals surface area contributed by atoms with Gasteiger partial charge in [0.05, 0.1) is 0 Å². The number of rotatable bonds is 8. The second kappa shape index (κ2) is 10.2. The Bertz CT molecular complexity index is 544. The number of hydrogen-bond donors (Lipinski definition) is 2. The lowest BCUT2D eigenvalue weighted by molar-refractivity contribution is -0.147. The largest absolute Gasteiger partial charge is 0.454 e. The van der Waals surface area contributed by atoms with E-state index in [-0.39, 0.29) is 19.1 Å². The molecule has 0 atom stereocenters. The lowest BCUT2D eigenvalue weighted by atomic mass is 10.1. The average Bonchev–Trinajstić information content (AvgIpc) is 2.51. The molecule has 0 saturated heterocycles. The fourth-order valence-electron chi connectivity index (χ4n) is 1.61. The molecule has 0 spiro atoms. The quantitative estimate of drug-likeness (QED) is 0.488. The van der Waals surface area contributed by atoms with Gasteiger partial charge in [-0.2, -0.15) is 0 Å². The van der Waals surface area contributed by atoms with Gasteiger partial charge in [-0.25, -0.2) is 0 Å². The molecular weight excluding hydrogens is 411 g/mol. The molecule has 23 heavy (non-hydrogen) atoms. The number of carbonyl (C=O) groups is 3. The van der Waals surface area contributed by atoms with Crippen LogP contribution in [0.15, 0.2) is 24.3 Å². The van der Waals surface area contributed by atoms with Crippen LogP contribution in [0.5, 0.6) is 0 Å². The van der Waals surface area contributed by atoms with Gasteiger partial charge in [-0.3, -0.25) is 14.4 Å². The summed E-state index contributed by atoms with van der Waals surface area (Å²) in [6.45, 7) is 3.43. The zero-order chi connectivity index (χ0) is 17.2. The van der Waals surface area contributed by atoms with Crippen molar-refractivity contribution in [3.8, 4) is 0 Å². The van der Waals surface area contributed by atoms with E-state index in [0.29, 0.717) is 18.0 Å². The van der Waals surface area contributed by atoms with E-state index in [0.717, 1.165) is 9.99 Å². The van der Waals surface area contributed by atoms with Crippen LogP contribution in [0.4, 0.5) is 5.69 Å². The van der Waals surface area contributed by atoms with Gasteiger partial charge in [0, 0.05) is 15.7 Å². The molecule has 0 unspecified atom stereocenters. The Balaban J connectivity index is 2.21. The fourth-order valence-corrected chi connectivity index (χ4v) is 1.97. The Labute approximate surface area is 149 Å². The number of amides is 2. The first-order valence-corrected chi connectivity index (χ1v) is 8.42. The summed E-state index contributed by atoms with van der Waals surface area (Å²) in [6.07, 6.45) is 1.14. The van der Waals surface area contributed by atoms with E-state index in [9.17, 15) is 14.4 Å². The van der Waals surface area contributed by atoms with Crippen molar-refractivity contribution in [2.24, 2.45) is 5.92 Å². The van der Waals surface area contributed by atoms with Crippen LogP contribution in [-0.2, 0) is 19.1 Å². The van der Waals surface area contributed by atoms with Crippen molar-refractivity contribution in [2.45, 2.75) is 26.7 Å². The lowest BCUT2D eigenvalue weighted by Gasteiger charge is -2.08. The second-order valence-electron chi connectivity index (χ2n) is 5.43. The third-order valence-electron chi connectivity index (χ3n) is 2.87. The van der Waals surface area contributed by atoms with Gasteiger partial charge < -0.3 is 15.4 Å². The third-order valence-corrected chi connectivity index (χ3v) is 3.59. The summed E-state index contributed by atoms with van der Waals surface area (Å²) in [5, 5.41) is 5.09. The van der Waals surface area contributed by atoms with Gasteiger partial charge in [0.25, 0.3) is 5.91 Å². The predicted molar refractivity (Wildman–Crippen MR) is 95.8 cm³/mol. The molecule has 7 heteroatoms. The summed E-state index contributed by atoms with van der Waals surface area (Å²) in [6, 6.07) is 7.23. The van der Waals surface area contributed by atoms with Crippen molar-refractivity contribution >= 4 is 46.1 Å². The molecule has 0 aliphatic rings. The van der Waals surface area contributed by atoms with E-state index >= 15 is 0 Å². The average molecular weight is 432 g/mol. The standard InChI is InChI=1S/C16H21IN2O4/c1-11(2)3-8-14(20)18-9-16(22)23-10-15(21)19-13-6-4-12(17)5-7-13/h4-7,11H,3,8-10H2,1-2H3,(H,18,20)(H,19,21). The highest BCUT2D eigenvalue weighted by atomic mass is 127. The number of esters is 1. The maximum Gasteiger partial charge on any atom is 0.325 e. The van der Waals surface area contributed by atoms with Crippen molar-refractivity contribution in [2.75, 3.05) is 18.5 Å². The van der Waals surface area contributed by atoms with Gasteiger partial charge in [-0.15, -0.1) is 0 Å². The number of halogens is 1. The van der Waals surface area contributed by atoms with Crippen molar-refractivity contribution < 1.29 is 19.1 Å². The van der Waals surface area contributed by atoms with E-state index in [2.05, 4.69) is 33.2 Å². The first-order chi connectivity index (χ1) is 10.9. The number of carbonyl (C=O) groups excluding carboxylic acids is 3. The number of hydrogen-bond acceptors (Lipinski definition) is 4. The summed E-state index contributed by atoms with van der Waals surface area (Å²) >= 11 is 2.16. The van der Waals surface area contributed by atoms with Crippen LogP contribution in [-0.4, -0.2) is 30.9 Å². The first-order valence-electron chi connectivity index (χ1n) is 7.34. The highest BCUT2D eigenvalue weighted by molar-refractivity contribution is 14.1. The van der Waals surface area contributed by atoms with E-state index in [1.54, 1.807) is 12.1 Å². The maximum atomic E-state index is 11.6. The molecule has 2 amide bonds. The van der Waals surface area contributed by atoms with E-state index < -0.39 is 11.9 Å². The predicted octanol–water partition coefficient (Wildman–Crippen LogP) is 2.33. The summed E-state index contributed by atoms with van der Waals surface area (Å²) in [5.41, 5.74) is 0.633. The Morgan fingerprint density at radius 1 is 1.13 bits per heavy atom. The molecule has 1 aromatic carbocycles. The second-order valence-corrected chi connectivity index (χ2v) is 6.67. The Kier molecular flexibility index (Phi) is 8.60. The monoisotopic (exact) mass is 432 g/mol. The smallest absolute Gasteiger partial charge is 0.325 e. The topological polar surface area (TPSA) is 84.5 Å². The summed E-state index contributed by atoms with van der Waals surface area (Å²) in [5.74, 6) is -0.831. The van der Waals surface area contributed by atoms with Crippen LogP contribution in [0, 0.1) is 9.49 Å². The molecular formula is C16H21IN2O4. The zero-order valence-corrected chi connectivity index (χ0v) is 15.4. The molecule has 126 valence electrons. The molecule has 0 heterocycles. The Morgan fingerprint density at radius 2 is 1.78 bits per heavy atom. The summed E-state index contributed by atoms with van der Waals surface area (Å²) in [4.78, 5) is 34.6. The first kappa shape index (κ1) is 19.4. The van der Waals surface area contributed by atoms with E-state index in [1.165, 1.54) is 0 Å². The molecule has 1 rings (SSSR count). The Morgan fingerprint density at radius 3 is 2.39 bits per heavy atom. The number of benzene rings is 1. The minimum Gasteiger partial charge on any atom is -0.454 e. The van der Waals surface area contributed by atoms with Gasteiger partial charge in [-0.05, 0) is 59.2 Å². The molecule has 1 aromatic rings. The van der Waals surface area contributed by atoms with Crippen molar-refractivity contribution in [1.82, 2.24) is 5.32 Å². The fraction of sp³-hybridized carbons (Fsp3) is 0.438. The molecule has 0 radical (unpaired) electrons. The molecule has 0 saturated carbocycles. The highest BCUT2D eigenvalue weighted by Gasteiger charge is 2.10. The number of anilines is 1. The molecule has 0 fully saturated rings. The van der Waals surface area contributed by atoms with Crippen molar-refractivity contribution in [3.63, 3.8) is 0 Å². The van der Waals surface area contributed by atoms with Crippen LogP contribution < -0.4 is 10.6 Å². The van der Waals surface area contributed by atoms with Crippen LogP contribution in [0.3, 0.4) is 0 Å². The van der Waals surface area contributed by atoms with E-state index in [1.807, 2.05) is 26.0 Å². The van der Waals surface area contributed by atoms with Crippen LogP contribution in [0.1, 0.15) is 26.7 Å². The van der Waals surface area contributed by atoms with Crippen molar-refractivity contribution in [3.05, 3.63) is 27.8 Å². The van der Waals surface area contributed by atoms with Gasteiger partial charge >= 0.3 is 5.97 Å². The highest BCUT2D eigenvalue weighted by Crippen LogP contribution is 2.10. The van der Waals surface area contributed by atoms with Crippen LogP contribution in [0.2, 0.25) is 0 Å². The van der Waals surface area contributed by atoms with Crippen LogP contribution in [0.25, 0.3) is 0 Å². The van der Waals surface area contributed by atoms with Gasteiger partial charge in [0.1, 0.15) is 6.54 Å². The van der Waals surface area contributed by atoms with E-state index in [4.69, 9.17) is 4.74 Å². The molecule has 2 N–H and O–H groups in total. The number of nitrogens with one attached hydrogen (secondary N) is 2. The SMILES string of the molecule is CC(C)CCC(=O)NCC(=O)OCC(=O)Nc1ccc(I)cc1. The van der Waals surface area contributed by atoms with Gasteiger partial charge in [0.15, 0.2) is 6.61 Å². The normalized spacial score (nSPS) is 10.3. The lowest BCUT2D eigenvalue weighted by Crippen LogP contribution is -2.32. The third kappa shape index (κ3) is 9.17. The molecule has 0 aromatic heterocycles. The minimum atomic E-state index is -0.638. The summed E-state index contributed by atoms with van der Waals surface area (Å²) < 4.78 is 5.86. The minimum absolute atomic E-state index is 0.195. The maximum absolute atomic E-state index is 11.6. The van der Waals surface area contributed by atoms with Gasteiger partial charge in [-0.1, -0.05) is 13.8 Å².